The van der Waals surface area contributed by atoms with Crippen molar-refractivity contribution < 1.29 is 22.6 Å². The Kier molecular flexibility index (Phi) is 8.33. The molecule has 0 aliphatic rings. The summed E-state index contributed by atoms with van der Waals surface area (Å²) in [4.78, 5) is 14.3. The van der Waals surface area contributed by atoms with Crippen LogP contribution in [0.3, 0.4) is 0 Å². The van der Waals surface area contributed by atoms with E-state index in [2.05, 4.69) is 0 Å². The summed E-state index contributed by atoms with van der Waals surface area (Å²) < 4.78 is 50.2. The summed E-state index contributed by atoms with van der Waals surface area (Å²) in [6.45, 7) is 1.45. The van der Waals surface area contributed by atoms with Crippen molar-refractivity contribution in [1.82, 2.24) is 9.47 Å². The van der Waals surface area contributed by atoms with Crippen molar-refractivity contribution in [2.45, 2.75) is 19.5 Å². The van der Waals surface area contributed by atoms with E-state index in [9.17, 15) is 18.0 Å². The maximum atomic E-state index is 13.0. The highest BCUT2D eigenvalue weighted by Crippen LogP contribution is 2.16. The Morgan fingerprint density at radius 1 is 0.938 bits per heavy atom. The molecule has 0 saturated carbocycles. The highest BCUT2D eigenvalue weighted by Gasteiger charge is 2.06. The van der Waals surface area contributed by atoms with Gasteiger partial charge in [0.1, 0.15) is 30.5 Å². The van der Waals surface area contributed by atoms with Crippen molar-refractivity contribution >= 4 is 0 Å². The molecule has 0 saturated heterocycles. The van der Waals surface area contributed by atoms with Crippen LogP contribution in [0.5, 0.6) is 11.5 Å². The molecule has 0 spiro atoms. The van der Waals surface area contributed by atoms with E-state index in [-0.39, 0.29) is 24.4 Å². The molecule has 0 unspecified atom stereocenters. The van der Waals surface area contributed by atoms with Crippen LogP contribution in [0.1, 0.15) is 12.0 Å². The van der Waals surface area contributed by atoms with E-state index >= 15 is 0 Å². The molecule has 1 heterocycles. The van der Waals surface area contributed by atoms with Gasteiger partial charge in [-0.25, -0.2) is 13.2 Å². The highest BCUT2D eigenvalue weighted by atomic mass is 19.3. The maximum Gasteiger partial charge on any atom is 0.258 e. The topological polar surface area (TPSA) is 43.7 Å². The lowest BCUT2D eigenvalue weighted by molar-refractivity contribution is 0.118. The second kappa shape index (κ2) is 11.4. The van der Waals surface area contributed by atoms with Gasteiger partial charge in [-0.3, -0.25) is 9.36 Å². The number of ether oxygens (including phenoxy) is 2. The van der Waals surface area contributed by atoms with Crippen LogP contribution in [0.15, 0.2) is 71.7 Å². The molecule has 0 fully saturated rings. The van der Waals surface area contributed by atoms with Crippen molar-refractivity contribution in [3.63, 3.8) is 0 Å². The number of benzene rings is 2. The highest BCUT2D eigenvalue weighted by molar-refractivity contribution is 5.38. The average molecular weight is 446 g/mol. The number of hydrogen-bond acceptors (Lipinski definition) is 4. The van der Waals surface area contributed by atoms with Crippen LogP contribution in [-0.4, -0.2) is 42.6 Å². The first kappa shape index (κ1) is 23.4. The first-order valence-electron chi connectivity index (χ1n) is 10.2. The third-order valence-corrected chi connectivity index (χ3v) is 4.80. The van der Waals surface area contributed by atoms with Gasteiger partial charge in [0.25, 0.3) is 5.56 Å². The number of alkyl halides is 2. The number of halogens is 3. The van der Waals surface area contributed by atoms with Crippen molar-refractivity contribution in [1.29, 1.82) is 0 Å². The molecule has 3 aromatic rings. The molecular weight excluding hydrogens is 421 g/mol. The molecule has 0 aliphatic carbocycles. The van der Waals surface area contributed by atoms with Crippen LogP contribution >= 0.6 is 0 Å². The van der Waals surface area contributed by atoms with Gasteiger partial charge in [-0.15, -0.1) is 0 Å². The zero-order valence-electron chi connectivity index (χ0n) is 17.7. The first-order valence-corrected chi connectivity index (χ1v) is 10.2. The van der Waals surface area contributed by atoms with Crippen LogP contribution in [0.25, 0.3) is 5.69 Å². The minimum atomic E-state index is -2.30. The van der Waals surface area contributed by atoms with E-state index in [0.29, 0.717) is 36.9 Å². The van der Waals surface area contributed by atoms with Crippen molar-refractivity contribution in [2.24, 2.45) is 0 Å². The third kappa shape index (κ3) is 7.16. The van der Waals surface area contributed by atoms with Crippen LogP contribution < -0.4 is 15.0 Å². The van der Waals surface area contributed by atoms with Gasteiger partial charge in [0.2, 0.25) is 6.43 Å². The van der Waals surface area contributed by atoms with E-state index in [0.717, 1.165) is 5.56 Å². The molecule has 8 heteroatoms. The number of aromatic nitrogens is 1. The van der Waals surface area contributed by atoms with E-state index in [1.54, 1.807) is 60.6 Å². The van der Waals surface area contributed by atoms with Gasteiger partial charge < -0.3 is 14.4 Å². The minimum absolute atomic E-state index is 0.157. The normalized spacial score (nSPS) is 11.2. The summed E-state index contributed by atoms with van der Waals surface area (Å²) in [5, 5.41) is 0. The molecule has 170 valence electrons. The van der Waals surface area contributed by atoms with E-state index in [1.807, 2.05) is 0 Å². The molecule has 1 aromatic heterocycles. The molecule has 0 radical (unpaired) electrons. The fourth-order valence-corrected chi connectivity index (χ4v) is 2.96. The molecule has 0 amide bonds. The zero-order valence-corrected chi connectivity index (χ0v) is 17.7. The lowest BCUT2D eigenvalue weighted by Crippen LogP contribution is -2.26. The molecule has 5 nitrogen and oxygen atoms in total. The van der Waals surface area contributed by atoms with Gasteiger partial charge in [0.05, 0.1) is 0 Å². The fourth-order valence-electron chi connectivity index (χ4n) is 2.96. The molecule has 0 atom stereocenters. The van der Waals surface area contributed by atoms with Crippen LogP contribution in [-0.2, 0) is 6.61 Å². The van der Waals surface area contributed by atoms with E-state index in [1.165, 1.54) is 22.8 Å². The summed E-state index contributed by atoms with van der Waals surface area (Å²) in [7, 11) is 1.77. The molecule has 32 heavy (non-hydrogen) atoms. The Balaban J connectivity index is 1.52. The second-order valence-corrected chi connectivity index (χ2v) is 7.31. The van der Waals surface area contributed by atoms with Gasteiger partial charge in [-0.2, -0.15) is 0 Å². The van der Waals surface area contributed by atoms with E-state index in [4.69, 9.17) is 9.47 Å². The molecule has 0 aliphatic heterocycles. The van der Waals surface area contributed by atoms with Gasteiger partial charge in [0, 0.05) is 37.5 Å². The number of nitrogens with zero attached hydrogens (tertiary/aromatic N) is 2. The number of rotatable bonds is 11. The van der Waals surface area contributed by atoms with Crippen molar-refractivity contribution in [3.05, 3.63) is 88.6 Å². The quantitative estimate of drug-likeness (QED) is 0.434. The summed E-state index contributed by atoms with van der Waals surface area (Å²) in [5.74, 6) is 0.736. The summed E-state index contributed by atoms with van der Waals surface area (Å²) in [6, 6.07) is 16.1. The van der Waals surface area contributed by atoms with Crippen LogP contribution in [0.4, 0.5) is 13.2 Å². The third-order valence-electron chi connectivity index (χ3n) is 4.80. The Morgan fingerprint density at radius 3 is 2.31 bits per heavy atom. The van der Waals surface area contributed by atoms with Gasteiger partial charge >= 0.3 is 0 Å². The van der Waals surface area contributed by atoms with Gasteiger partial charge in [-0.1, -0.05) is 12.1 Å². The second-order valence-electron chi connectivity index (χ2n) is 7.31. The predicted molar refractivity (Wildman–Crippen MR) is 116 cm³/mol. The lowest BCUT2D eigenvalue weighted by atomic mass is 10.2. The number of pyridine rings is 1. The molecule has 0 bridgehead atoms. The standard InChI is InChI=1S/C24H25F3N2O3/c1-28(12-11-23(26)27)14-15-31-21-8-6-20(7-9-21)29-13-10-22(16-24(29)30)32-17-18-2-4-19(25)5-3-18/h2-10,13,16,23H,11-12,14-15,17H2,1H3. The van der Waals surface area contributed by atoms with E-state index < -0.39 is 6.43 Å². The number of likely N-dealkylation sites (N-methyl/N-ethyl adjacent to an activating group) is 1. The van der Waals surface area contributed by atoms with Crippen LogP contribution in [0, 0.1) is 5.82 Å². The molecule has 3 rings (SSSR count). The Labute approximate surface area is 184 Å². The lowest BCUT2D eigenvalue weighted by Gasteiger charge is -2.16. The Bertz CT molecular complexity index is 1040. The van der Waals surface area contributed by atoms with Crippen LogP contribution in [0.2, 0.25) is 0 Å². The van der Waals surface area contributed by atoms with Gasteiger partial charge in [-0.05, 0) is 55.1 Å². The largest absolute Gasteiger partial charge is 0.492 e. The SMILES string of the molecule is CN(CCOc1ccc(-n2ccc(OCc3ccc(F)cc3)cc2=O)cc1)CCC(F)F. The monoisotopic (exact) mass is 446 g/mol. The Morgan fingerprint density at radius 2 is 1.66 bits per heavy atom. The average Bonchev–Trinajstić information content (AvgIpc) is 2.78. The molecular formula is C24H25F3N2O3. The molecule has 0 N–H and O–H groups in total. The fraction of sp³-hybridized carbons (Fsp3) is 0.292. The number of hydrogen-bond donors (Lipinski definition) is 0. The van der Waals surface area contributed by atoms with Crippen molar-refractivity contribution in [3.8, 4) is 17.2 Å². The van der Waals surface area contributed by atoms with Gasteiger partial charge in [0.15, 0.2) is 0 Å². The zero-order chi connectivity index (χ0) is 22.9. The minimum Gasteiger partial charge on any atom is -0.492 e. The summed E-state index contributed by atoms with van der Waals surface area (Å²) in [5.41, 5.74) is 1.21. The maximum absolute atomic E-state index is 13.0. The Hall–Kier alpha value is -3.26. The first-order chi connectivity index (χ1) is 15.4. The van der Waals surface area contributed by atoms with Crippen molar-refractivity contribution in [2.75, 3.05) is 26.7 Å². The summed E-state index contributed by atoms with van der Waals surface area (Å²) in [6.07, 6.45) is -0.837. The summed E-state index contributed by atoms with van der Waals surface area (Å²) >= 11 is 0. The molecule has 2 aromatic carbocycles. The smallest absolute Gasteiger partial charge is 0.258 e. The predicted octanol–water partition coefficient (Wildman–Crippen LogP) is 4.52.